The van der Waals surface area contributed by atoms with Gasteiger partial charge in [-0.05, 0) is 6.42 Å². The fourth-order valence-electron chi connectivity index (χ4n) is 2.11. The summed E-state index contributed by atoms with van der Waals surface area (Å²) >= 11 is 3.00. The van der Waals surface area contributed by atoms with Crippen LogP contribution >= 0.6 is 22.7 Å². The maximum Gasteiger partial charge on any atom is 0.272 e. The monoisotopic (exact) mass is 380 g/mol. The number of aromatic nitrogens is 2. The summed E-state index contributed by atoms with van der Waals surface area (Å²) in [7, 11) is 3.42. The molecule has 0 saturated heterocycles. The van der Waals surface area contributed by atoms with Crippen LogP contribution in [-0.4, -0.2) is 47.3 Å². The van der Waals surface area contributed by atoms with Crippen LogP contribution in [0.5, 0.6) is 0 Å². The topological polar surface area (TPSA) is 75.2 Å². The van der Waals surface area contributed by atoms with Crippen molar-refractivity contribution in [1.82, 2.24) is 20.2 Å². The van der Waals surface area contributed by atoms with Gasteiger partial charge in [0.15, 0.2) is 0 Å². The van der Waals surface area contributed by atoms with Crippen LogP contribution in [0.4, 0.5) is 0 Å². The number of hydrogen-bond acceptors (Lipinski definition) is 6. The molecule has 2 heterocycles. The summed E-state index contributed by atoms with van der Waals surface area (Å²) in [5.41, 5.74) is 0.957. The molecule has 0 aliphatic carbocycles. The Labute approximate surface area is 156 Å². The Morgan fingerprint density at radius 3 is 2.28 bits per heavy atom. The standard InChI is InChI=1S/C17H24N4O2S2/c1-10(2)15-19-12(8-24-15)14(22)18-7-6-11(3)16-20-13(9-25-16)17(23)21(4)5/h8-11H,6-7H2,1-5H3,(H,18,22). The van der Waals surface area contributed by atoms with Crippen molar-refractivity contribution in [3.05, 3.63) is 32.2 Å². The molecule has 0 aromatic carbocycles. The third kappa shape index (κ3) is 5.09. The van der Waals surface area contributed by atoms with Crippen molar-refractivity contribution in [2.45, 2.75) is 39.0 Å². The van der Waals surface area contributed by atoms with Gasteiger partial charge < -0.3 is 10.2 Å². The molecule has 6 nitrogen and oxygen atoms in total. The summed E-state index contributed by atoms with van der Waals surface area (Å²) in [6.07, 6.45) is 0.760. The number of carbonyl (C=O) groups is 2. The average Bonchev–Trinajstić information content (AvgIpc) is 3.23. The van der Waals surface area contributed by atoms with Crippen molar-refractivity contribution < 1.29 is 9.59 Å². The van der Waals surface area contributed by atoms with Crippen LogP contribution in [0.2, 0.25) is 0 Å². The molecule has 0 spiro atoms. The van der Waals surface area contributed by atoms with E-state index in [-0.39, 0.29) is 17.7 Å². The second-order valence-electron chi connectivity index (χ2n) is 6.44. The highest BCUT2D eigenvalue weighted by molar-refractivity contribution is 7.10. The van der Waals surface area contributed by atoms with Crippen molar-refractivity contribution in [2.75, 3.05) is 20.6 Å². The minimum atomic E-state index is -0.141. The zero-order chi connectivity index (χ0) is 18.6. The van der Waals surface area contributed by atoms with Gasteiger partial charge in [-0.15, -0.1) is 22.7 Å². The molecular formula is C17H24N4O2S2. The van der Waals surface area contributed by atoms with Crippen LogP contribution in [0.3, 0.4) is 0 Å². The fourth-order valence-corrected chi connectivity index (χ4v) is 3.82. The molecule has 2 aromatic heterocycles. The van der Waals surface area contributed by atoms with E-state index in [2.05, 4.69) is 36.1 Å². The second-order valence-corrected chi connectivity index (χ2v) is 8.22. The van der Waals surface area contributed by atoms with E-state index in [0.29, 0.717) is 23.9 Å². The van der Waals surface area contributed by atoms with Gasteiger partial charge in [-0.2, -0.15) is 0 Å². The van der Waals surface area contributed by atoms with Crippen LogP contribution in [0.25, 0.3) is 0 Å². The highest BCUT2D eigenvalue weighted by atomic mass is 32.1. The van der Waals surface area contributed by atoms with Crippen LogP contribution < -0.4 is 5.32 Å². The Morgan fingerprint density at radius 2 is 1.68 bits per heavy atom. The van der Waals surface area contributed by atoms with Gasteiger partial charge in [0.25, 0.3) is 11.8 Å². The van der Waals surface area contributed by atoms with E-state index in [0.717, 1.165) is 16.4 Å². The van der Waals surface area contributed by atoms with E-state index in [1.807, 2.05) is 0 Å². The molecule has 0 aliphatic rings. The number of nitrogens with one attached hydrogen (secondary N) is 1. The Bertz CT molecular complexity index is 737. The number of thiazole rings is 2. The van der Waals surface area contributed by atoms with E-state index < -0.39 is 0 Å². The smallest absolute Gasteiger partial charge is 0.272 e. The summed E-state index contributed by atoms with van der Waals surface area (Å²) in [4.78, 5) is 34.3. The van der Waals surface area contributed by atoms with E-state index >= 15 is 0 Å². The second kappa shape index (κ2) is 8.53. The zero-order valence-electron chi connectivity index (χ0n) is 15.2. The van der Waals surface area contributed by atoms with Gasteiger partial charge in [0.05, 0.1) is 10.0 Å². The third-order valence-corrected chi connectivity index (χ3v) is 5.90. The predicted octanol–water partition coefficient (Wildman–Crippen LogP) is 3.35. The molecule has 136 valence electrons. The molecule has 1 N–H and O–H groups in total. The first-order chi connectivity index (χ1) is 11.8. The Balaban J connectivity index is 1.84. The lowest BCUT2D eigenvalue weighted by atomic mass is 10.1. The van der Waals surface area contributed by atoms with E-state index in [9.17, 15) is 9.59 Å². The summed E-state index contributed by atoms with van der Waals surface area (Å²) in [5, 5.41) is 8.38. The first kappa shape index (κ1) is 19.5. The molecular weight excluding hydrogens is 356 g/mol. The minimum absolute atomic E-state index is 0.0903. The molecule has 2 aromatic rings. The first-order valence-electron chi connectivity index (χ1n) is 8.20. The minimum Gasteiger partial charge on any atom is -0.351 e. The lowest BCUT2D eigenvalue weighted by Gasteiger charge is -2.09. The maximum atomic E-state index is 12.1. The van der Waals surface area contributed by atoms with Crippen LogP contribution in [0.15, 0.2) is 10.8 Å². The van der Waals surface area contributed by atoms with E-state index in [1.165, 1.54) is 27.6 Å². The van der Waals surface area contributed by atoms with Gasteiger partial charge in [-0.3, -0.25) is 9.59 Å². The van der Waals surface area contributed by atoms with Gasteiger partial charge in [0.2, 0.25) is 0 Å². The van der Waals surface area contributed by atoms with Crippen molar-refractivity contribution in [3.63, 3.8) is 0 Å². The summed E-state index contributed by atoms with van der Waals surface area (Å²) in [6.45, 7) is 6.72. The first-order valence-corrected chi connectivity index (χ1v) is 9.96. The summed E-state index contributed by atoms with van der Waals surface area (Å²) in [6, 6.07) is 0. The molecule has 25 heavy (non-hydrogen) atoms. The quantitative estimate of drug-likeness (QED) is 0.799. The fraction of sp³-hybridized carbons (Fsp3) is 0.529. The van der Waals surface area contributed by atoms with E-state index in [4.69, 9.17) is 0 Å². The number of hydrogen-bond donors (Lipinski definition) is 1. The molecule has 0 saturated carbocycles. The SMILES string of the molecule is CC(C)c1nc(C(=O)NCCC(C)c2nc(C(=O)N(C)C)cs2)cs1. The summed E-state index contributed by atoms with van der Waals surface area (Å²) < 4.78 is 0. The molecule has 1 atom stereocenters. The lowest BCUT2D eigenvalue weighted by Crippen LogP contribution is -2.25. The van der Waals surface area contributed by atoms with Crippen LogP contribution in [0, 0.1) is 0 Å². The van der Waals surface area contributed by atoms with Crippen LogP contribution in [0.1, 0.15) is 70.0 Å². The van der Waals surface area contributed by atoms with Crippen LogP contribution in [-0.2, 0) is 0 Å². The molecule has 1 unspecified atom stereocenters. The largest absolute Gasteiger partial charge is 0.351 e. The molecule has 8 heteroatoms. The Kier molecular flexibility index (Phi) is 6.66. The van der Waals surface area contributed by atoms with Crippen molar-refractivity contribution in [2.24, 2.45) is 0 Å². The molecule has 2 rings (SSSR count). The predicted molar refractivity (Wildman–Crippen MR) is 102 cm³/mol. The highest BCUT2D eigenvalue weighted by Crippen LogP contribution is 2.23. The van der Waals surface area contributed by atoms with Crippen molar-refractivity contribution in [1.29, 1.82) is 0 Å². The molecule has 0 aliphatic heterocycles. The Morgan fingerprint density at radius 1 is 1.08 bits per heavy atom. The van der Waals surface area contributed by atoms with Crippen molar-refractivity contribution in [3.8, 4) is 0 Å². The van der Waals surface area contributed by atoms with Gasteiger partial charge in [-0.25, -0.2) is 9.97 Å². The highest BCUT2D eigenvalue weighted by Gasteiger charge is 2.17. The lowest BCUT2D eigenvalue weighted by molar-refractivity contribution is 0.0822. The number of rotatable bonds is 7. The molecule has 0 fully saturated rings. The van der Waals surface area contributed by atoms with Gasteiger partial charge in [0, 0.05) is 43.2 Å². The van der Waals surface area contributed by atoms with Crippen molar-refractivity contribution >= 4 is 34.5 Å². The molecule has 2 amide bonds. The maximum absolute atomic E-state index is 12.1. The number of carbonyl (C=O) groups excluding carboxylic acids is 2. The summed E-state index contributed by atoms with van der Waals surface area (Å²) in [5.74, 6) is 0.275. The normalized spacial score (nSPS) is 12.2. The average molecular weight is 381 g/mol. The van der Waals surface area contributed by atoms with E-state index in [1.54, 1.807) is 24.9 Å². The zero-order valence-corrected chi connectivity index (χ0v) is 16.8. The Hall–Kier alpha value is -1.80. The third-order valence-electron chi connectivity index (χ3n) is 3.68. The molecule has 0 radical (unpaired) electrons. The number of nitrogens with zero attached hydrogens (tertiary/aromatic N) is 3. The van der Waals surface area contributed by atoms with Gasteiger partial charge in [-0.1, -0.05) is 20.8 Å². The number of amides is 2. The molecule has 0 bridgehead atoms. The van der Waals surface area contributed by atoms with Gasteiger partial charge >= 0.3 is 0 Å². The van der Waals surface area contributed by atoms with Gasteiger partial charge in [0.1, 0.15) is 11.4 Å².